The van der Waals surface area contributed by atoms with Gasteiger partial charge in [-0.1, -0.05) is 30.3 Å². The topological polar surface area (TPSA) is 62.3 Å². The number of nitrogens with zero attached hydrogens (tertiary/aromatic N) is 3. The van der Waals surface area contributed by atoms with Crippen molar-refractivity contribution in [1.29, 1.82) is 0 Å². The molecule has 0 atom stereocenters. The average molecular weight is 406 g/mol. The Hall–Kier alpha value is -2.86. The van der Waals surface area contributed by atoms with Gasteiger partial charge in [0.25, 0.3) is 0 Å². The molecule has 1 fully saturated rings. The van der Waals surface area contributed by atoms with Crippen molar-refractivity contribution in [2.75, 3.05) is 31.4 Å². The second-order valence-corrected chi connectivity index (χ2v) is 8.18. The Balaban J connectivity index is 1.32. The van der Waals surface area contributed by atoms with E-state index in [0.717, 1.165) is 49.7 Å². The first-order valence-electron chi connectivity index (χ1n) is 10.7. The second-order valence-electron chi connectivity index (χ2n) is 8.18. The van der Waals surface area contributed by atoms with Gasteiger partial charge in [-0.2, -0.15) is 4.98 Å². The van der Waals surface area contributed by atoms with Gasteiger partial charge in [-0.05, 0) is 48.8 Å². The van der Waals surface area contributed by atoms with Gasteiger partial charge in [-0.3, -0.25) is 0 Å². The molecule has 2 N–H and O–H groups in total. The zero-order valence-electron chi connectivity index (χ0n) is 18.1. The summed E-state index contributed by atoms with van der Waals surface area (Å²) in [6.07, 6.45) is 6.36. The van der Waals surface area contributed by atoms with E-state index in [9.17, 15) is 0 Å². The highest BCUT2D eigenvalue weighted by Gasteiger charge is 2.21. The molecule has 6 heteroatoms. The predicted octanol–water partition coefficient (Wildman–Crippen LogP) is 4.22. The zero-order chi connectivity index (χ0) is 20.9. The summed E-state index contributed by atoms with van der Waals surface area (Å²) in [6.45, 7) is 0.876. The van der Waals surface area contributed by atoms with E-state index in [1.807, 2.05) is 31.3 Å². The fourth-order valence-electron chi connectivity index (χ4n) is 4.21. The minimum atomic E-state index is 0.433. The van der Waals surface area contributed by atoms with Crippen LogP contribution in [0.3, 0.4) is 0 Å². The van der Waals surface area contributed by atoms with E-state index in [2.05, 4.69) is 57.0 Å². The van der Waals surface area contributed by atoms with Crippen molar-refractivity contribution in [3.05, 3.63) is 54.2 Å². The second kappa shape index (κ2) is 9.30. The highest BCUT2D eigenvalue weighted by atomic mass is 16.5. The molecule has 4 rings (SSSR count). The Kier molecular flexibility index (Phi) is 6.33. The Bertz CT molecular complexity index is 982. The van der Waals surface area contributed by atoms with Crippen molar-refractivity contribution < 1.29 is 4.74 Å². The summed E-state index contributed by atoms with van der Waals surface area (Å²) in [4.78, 5) is 11.0. The monoisotopic (exact) mass is 405 g/mol. The number of fused-ring (bicyclic) bond motifs is 1. The Labute approximate surface area is 178 Å². The zero-order valence-corrected chi connectivity index (χ0v) is 18.1. The lowest BCUT2D eigenvalue weighted by atomic mass is 9.91. The third-order valence-electron chi connectivity index (χ3n) is 5.93. The van der Waals surface area contributed by atoms with Crippen LogP contribution in [0.2, 0.25) is 0 Å². The summed E-state index contributed by atoms with van der Waals surface area (Å²) in [5, 5.41) is 9.72. The maximum absolute atomic E-state index is 5.52. The van der Waals surface area contributed by atoms with E-state index in [0.29, 0.717) is 12.1 Å². The highest BCUT2D eigenvalue weighted by molar-refractivity contribution is 5.91. The van der Waals surface area contributed by atoms with Crippen LogP contribution in [0.5, 0.6) is 5.75 Å². The van der Waals surface area contributed by atoms with Gasteiger partial charge >= 0.3 is 0 Å². The Morgan fingerprint density at radius 3 is 2.43 bits per heavy atom. The molecule has 0 spiro atoms. The van der Waals surface area contributed by atoms with Gasteiger partial charge in [0.1, 0.15) is 11.6 Å². The third-order valence-corrected chi connectivity index (χ3v) is 5.93. The van der Waals surface area contributed by atoms with Gasteiger partial charge in [0.15, 0.2) is 0 Å². The molecule has 0 bridgehead atoms. The van der Waals surface area contributed by atoms with Crippen molar-refractivity contribution in [1.82, 2.24) is 15.3 Å². The number of ether oxygens (including phenoxy) is 1. The van der Waals surface area contributed by atoms with Crippen molar-refractivity contribution >= 4 is 22.5 Å². The summed E-state index contributed by atoms with van der Waals surface area (Å²) in [5.74, 6) is 2.58. The highest BCUT2D eigenvalue weighted by Crippen LogP contribution is 2.29. The van der Waals surface area contributed by atoms with E-state index in [4.69, 9.17) is 4.74 Å². The average Bonchev–Trinajstić information content (AvgIpc) is 2.78. The molecule has 0 saturated heterocycles. The number of aromatic nitrogens is 2. The molecular weight excluding hydrogens is 374 g/mol. The largest absolute Gasteiger partial charge is 0.496 e. The van der Waals surface area contributed by atoms with Crippen LogP contribution in [0, 0.1) is 0 Å². The van der Waals surface area contributed by atoms with Crippen molar-refractivity contribution in [3.8, 4) is 5.75 Å². The number of methoxy groups -OCH3 is 1. The normalized spacial score (nSPS) is 18.9. The van der Waals surface area contributed by atoms with Crippen LogP contribution in [-0.2, 0) is 6.54 Å². The number of nitrogens with one attached hydrogen (secondary N) is 2. The predicted molar refractivity (Wildman–Crippen MR) is 123 cm³/mol. The van der Waals surface area contributed by atoms with Gasteiger partial charge in [-0.15, -0.1) is 0 Å². The van der Waals surface area contributed by atoms with Crippen LogP contribution >= 0.6 is 0 Å². The maximum Gasteiger partial charge on any atom is 0.224 e. The van der Waals surface area contributed by atoms with Gasteiger partial charge < -0.3 is 20.3 Å². The third kappa shape index (κ3) is 4.65. The van der Waals surface area contributed by atoms with E-state index < -0.39 is 0 Å². The lowest BCUT2D eigenvalue weighted by Crippen LogP contribution is -2.37. The molecule has 0 unspecified atom stereocenters. The van der Waals surface area contributed by atoms with Gasteiger partial charge in [0.2, 0.25) is 5.95 Å². The number of rotatable bonds is 7. The van der Waals surface area contributed by atoms with Gasteiger partial charge in [0, 0.05) is 44.3 Å². The molecule has 1 aliphatic carbocycles. The summed E-state index contributed by atoms with van der Waals surface area (Å²) < 4.78 is 5.52. The molecular formula is C24H31N5O. The van der Waals surface area contributed by atoms with Crippen LogP contribution in [0.1, 0.15) is 31.2 Å². The lowest BCUT2D eigenvalue weighted by molar-refractivity contribution is 0.352. The molecule has 30 heavy (non-hydrogen) atoms. The van der Waals surface area contributed by atoms with E-state index >= 15 is 0 Å². The minimum Gasteiger partial charge on any atom is -0.496 e. The first-order chi connectivity index (χ1) is 14.6. The molecule has 1 saturated carbocycles. The fraction of sp³-hybridized carbons (Fsp3) is 0.417. The summed E-state index contributed by atoms with van der Waals surface area (Å²) >= 11 is 0. The number of benzene rings is 2. The van der Waals surface area contributed by atoms with Crippen LogP contribution in [0.15, 0.2) is 48.7 Å². The SMILES string of the molecule is COc1ccc(CNC2CCC(Nc3nccc(N(C)C)n3)CC2)c2ccccc12. The number of hydrogen-bond donors (Lipinski definition) is 2. The lowest BCUT2D eigenvalue weighted by Gasteiger charge is -2.30. The van der Waals surface area contributed by atoms with E-state index in [1.165, 1.54) is 16.3 Å². The number of hydrogen-bond acceptors (Lipinski definition) is 6. The van der Waals surface area contributed by atoms with Crippen LogP contribution in [-0.4, -0.2) is 43.3 Å². The first kappa shape index (κ1) is 20.4. The fourth-order valence-corrected chi connectivity index (χ4v) is 4.21. The Morgan fingerprint density at radius 2 is 1.70 bits per heavy atom. The standard InChI is InChI=1S/C24H31N5O/c1-29(2)23-14-15-25-24(28-23)27-19-11-9-18(10-12-19)26-16-17-8-13-22(30-3)21-7-5-4-6-20(17)21/h4-8,13-15,18-19,26H,9-12,16H2,1-3H3,(H,25,27,28). The molecule has 6 nitrogen and oxygen atoms in total. The number of anilines is 2. The van der Waals surface area contributed by atoms with Gasteiger partial charge in [0.05, 0.1) is 7.11 Å². The van der Waals surface area contributed by atoms with E-state index in [1.54, 1.807) is 7.11 Å². The quantitative estimate of drug-likeness (QED) is 0.614. The molecule has 0 radical (unpaired) electrons. The molecule has 1 aromatic heterocycles. The summed E-state index contributed by atoms with van der Waals surface area (Å²) in [5.41, 5.74) is 1.32. The van der Waals surface area contributed by atoms with Crippen molar-refractivity contribution in [3.63, 3.8) is 0 Å². The molecule has 0 aliphatic heterocycles. The van der Waals surface area contributed by atoms with Crippen LogP contribution in [0.25, 0.3) is 10.8 Å². The van der Waals surface area contributed by atoms with E-state index in [-0.39, 0.29) is 0 Å². The molecule has 2 aromatic carbocycles. The molecule has 3 aromatic rings. The molecule has 1 aliphatic rings. The van der Waals surface area contributed by atoms with Crippen LogP contribution in [0.4, 0.5) is 11.8 Å². The molecule has 0 amide bonds. The molecule has 158 valence electrons. The maximum atomic E-state index is 5.52. The Morgan fingerprint density at radius 1 is 0.967 bits per heavy atom. The molecule has 1 heterocycles. The van der Waals surface area contributed by atoms with Gasteiger partial charge in [-0.25, -0.2) is 4.98 Å². The first-order valence-corrected chi connectivity index (χ1v) is 10.7. The minimum absolute atomic E-state index is 0.433. The van der Waals surface area contributed by atoms with Crippen molar-refractivity contribution in [2.45, 2.75) is 44.3 Å². The summed E-state index contributed by atoms with van der Waals surface area (Å²) in [7, 11) is 5.72. The smallest absolute Gasteiger partial charge is 0.224 e. The van der Waals surface area contributed by atoms with Crippen molar-refractivity contribution in [2.24, 2.45) is 0 Å². The summed E-state index contributed by atoms with van der Waals surface area (Å²) in [6, 6.07) is 15.6. The van der Waals surface area contributed by atoms with Crippen LogP contribution < -0.4 is 20.3 Å².